The van der Waals surface area contributed by atoms with Crippen LogP contribution in [0.4, 0.5) is 0 Å². The molecule has 0 aromatic heterocycles. The average Bonchev–Trinajstić information content (AvgIpc) is 3.27. The Bertz CT molecular complexity index is 796. The topological polar surface area (TPSA) is 21.7 Å². The van der Waals surface area contributed by atoms with Gasteiger partial charge in [-0.1, -0.05) is 79.9 Å². The third-order valence-electron chi connectivity index (χ3n) is 7.68. The summed E-state index contributed by atoms with van der Waals surface area (Å²) in [5.74, 6) is 0.758. The molecular weight excluding hydrogens is 382 g/mol. The standard InChI is InChI=1S/C28H37NO2/c1-4-10-23(11-5-1)20-24-16-18-29(19-17-24)21-27-22-30-28(31-27,25-12-6-2-7-13-25)26-14-8-3-9-15-26/h1-2,4-7,10-13,24,26-27H,3,8-9,14-22H2/t27-,28+/m0/s1. The number of ether oxygens (including phenoxy) is 2. The number of likely N-dealkylation sites (tertiary alicyclic amines) is 1. The summed E-state index contributed by atoms with van der Waals surface area (Å²) in [4.78, 5) is 2.61. The van der Waals surface area contributed by atoms with Crippen LogP contribution in [-0.2, 0) is 21.7 Å². The first kappa shape index (κ1) is 21.2. The van der Waals surface area contributed by atoms with Crippen molar-refractivity contribution in [3.63, 3.8) is 0 Å². The molecule has 0 N–H and O–H groups in total. The lowest BCUT2D eigenvalue weighted by Gasteiger charge is -2.39. The Balaban J connectivity index is 1.19. The molecule has 3 fully saturated rings. The van der Waals surface area contributed by atoms with Gasteiger partial charge in [0.1, 0.15) is 0 Å². The summed E-state index contributed by atoms with van der Waals surface area (Å²) in [6.45, 7) is 4.08. The van der Waals surface area contributed by atoms with Crippen molar-refractivity contribution in [3.8, 4) is 0 Å². The summed E-state index contributed by atoms with van der Waals surface area (Å²) in [6, 6.07) is 21.7. The Morgan fingerprint density at radius 1 is 0.806 bits per heavy atom. The van der Waals surface area contributed by atoms with Crippen molar-refractivity contribution >= 4 is 0 Å². The van der Waals surface area contributed by atoms with Crippen LogP contribution < -0.4 is 0 Å². The summed E-state index contributed by atoms with van der Waals surface area (Å²) in [5, 5.41) is 0. The number of hydrogen-bond donors (Lipinski definition) is 0. The highest BCUT2D eigenvalue weighted by Gasteiger charge is 2.49. The maximum absolute atomic E-state index is 6.84. The monoisotopic (exact) mass is 419 g/mol. The Morgan fingerprint density at radius 3 is 2.19 bits per heavy atom. The number of nitrogens with zero attached hydrogens (tertiary/aromatic N) is 1. The fraction of sp³-hybridized carbons (Fsp3) is 0.571. The predicted octanol–water partition coefficient (Wildman–Crippen LogP) is 5.79. The molecule has 2 heterocycles. The van der Waals surface area contributed by atoms with Gasteiger partial charge in [-0.2, -0.15) is 0 Å². The number of rotatable bonds is 6. The molecule has 1 saturated carbocycles. The van der Waals surface area contributed by atoms with Crippen LogP contribution in [0.3, 0.4) is 0 Å². The molecule has 0 bridgehead atoms. The van der Waals surface area contributed by atoms with E-state index >= 15 is 0 Å². The molecule has 2 aliphatic heterocycles. The van der Waals surface area contributed by atoms with Crippen LogP contribution in [0.1, 0.15) is 56.1 Å². The minimum Gasteiger partial charge on any atom is -0.343 e. The summed E-state index contributed by atoms with van der Waals surface area (Å²) < 4.78 is 13.4. The lowest BCUT2D eigenvalue weighted by atomic mass is 9.80. The quantitative estimate of drug-likeness (QED) is 0.591. The highest BCUT2D eigenvalue weighted by atomic mass is 16.7. The lowest BCUT2D eigenvalue weighted by molar-refractivity contribution is -0.222. The average molecular weight is 420 g/mol. The summed E-state index contributed by atoms with van der Waals surface area (Å²) in [5.41, 5.74) is 2.69. The fourth-order valence-electron chi connectivity index (χ4n) is 5.99. The third-order valence-corrected chi connectivity index (χ3v) is 7.68. The fourth-order valence-corrected chi connectivity index (χ4v) is 5.99. The van der Waals surface area contributed by atoms with Gasteiger partial charge in [0.2, 0.25) is 0 Å². The van der Waals surface area contributed by atoms with Crippen molar-refractivity contribution in [1.82, 2.24) is 4.90 Å². The SMILES string of the molecule is c1ccc(CC2CCN(C[C@H]3CO[C@@](c4ccccc4)(C4CCCCC4)O3)CC2)cc1. The number of hydrogen-bond acceptors (Lipinski definition) is 3. The van der Waals surface area contributed by atoms with Crippen molar-refractivity contribution in [3.05, 3.63) is 71.8 Å². The Hall–Kier alpha value is -1.68. The summed E-state index contributed by atoms with van der Waals surface area (Å²) in [6.07, 6.45) is 10.3. The van der Waals surface area contributed by atoms with E-state index in [9.17, 15) is 0 Å². The Kier molecular flexibility index (Phi) is 6.73. The van der Waals surface area contributed by atoms with E-state index in [1.165, 1.54) is 75.6 Å². The van der Waals surface area contributed by atoms with Crippen LogP contribution in [0.2, 0.25) is 0 Å². The molecule has 1 aliphatic carbocycles. The maximum atomic E-state index is 6.84. The zero-order valence-electron chi connectivity index (χ0n) is 18.8. The van der Waals surface area contributed by atoms with E-state index in [2.05, 4.69) is 65.6 Å². The second-order valence-electron chi connectivity index (χ2n) is 9.85. The van der Waals surface area contributed by atoms with Gasteiger partial charge in [0, 0.05) is 18.0 Å². The molecule has 0 amide bonds. The van der Waals surface area contributed by atoms with E-state index in [0.717, 1.165) is 19.1 Å². The molecule has 5 rings (SSSR count). The first-order chi connectivity index (χ1) is 15.3. The summed E-state index contributed by atoms with van der Waals surface area (Å²) in [7, 11) is 0. The van der Waals surface area contributed by atoms with Gasteiger partial charge in [-0.05, 0) is 56.7 Å². The zero-order valence-corrected chi connectivity index (χ0v) is 18.8. The molecule has 31 heavy (non-hydrogen) atoms. The third kappa shape index (κ3) is 4.89. The second-order valence-corrected chi connectivity index (χ2v) is 9.85. The van der Waals surface area contributed by atoms with E-state index < -0.39 is 5.79 Å². The molecule has 2 saturated heterocycles. The molecule has 2 aromatic carbocycles. The van der Waals surface area contributed by atoms with Crippen LogP contribution in [0.5, 0.6) is 0 Å². The van der Waals surface area contributed by atoms with Gasteiger partial charge in [-0.25, -0.2) is 0 Å². The van der Waals surface area contributed by atoms with Gasteiger partial charge < -0.3 is 14.4 Å². The molecule has 2 aromatic rings. The molecule has 3 heteroatoms. The van der Waals surface area contributed by atoms with E-state index in [0.29, 0.717) is 5.92 Å². The molecule has 3 aliphatic rings. The van der Waals surface area contributed by atoms with Gasteiger partial charge >= 0.3 is 0 Å². The van der Waals surface area contributed by atoms with Gasteiger partial charge in [-0.15, -0.1) is 0 Å². The first-order valence-corrected chi connectivity index (χ1v) is 12.5. The lowest BCUT2D eigenvalue weighted by Crippen LogP contribution is -2.42. The van der Waals surface area contributed by atoms with Crippen LogP contribution in [-0.4, -0.2) is 37.2 Å². The molecule has 2 atom stereocenters. The van der Waals surface area contributed by atoms with E-state index in [4.69, 9.17) is 9.47 Å². The normalized spacial score (nSPS) is 28.7. The largest absolute Gasteiger partial charge is 0.343 e. The van der Waals surface area contributed by atoms with Crippen molar-refractivity contribution in [2.24, 2.45) is 11.8 Å². The van der Waals surface area contributed by atoms with Crippen LogP contribution in [0, 0.1) is 11.8 Å². The van der Waals surface area contributed by atoms with Crippen LogP contribution in [0.15, 0.2) is 60.7 Å². The van der Waals surface area contributed by atoms with E-state index in [1.807, 2.05) is 0 Å². The van der Waals surface area contributed by atoms with Crippen LogP contribution >= 0.6 is 0 Å². The van der Waals surface area contributed by atoms with Crippen molar-refractivity contribution < 1.29 is 9.47 Å². The van der Waals surface area contributed by atoms with Crippen molar-refractivity contribution in [2.45, 2.75) is 63.3 Å². The van der Waals surface area contributed by atoms with Gasteiger partial charge in [-0.3, -0.25) is 0 Å². The Labute approximate surface area is 187 Å². The molecular formula is C28H37NO2. The zero-order chi connectivity index (χ0) is 20.9. The van der Waals surface area contributed by atoms with E-state index in [-0.39, 0.29) is 6.10 Å². The van der Waals surface area contributed by atoms with Gasteiger partial charge in [0.15, 0.2) is 5.79 Å². The van der Waals surface area contributed by atoms with Crippen molar-refractivity contribution in [1.29, 1.82) is 0 Å². The molecule has 0 radical (unpaired) electrons. The maximum Gasteiger partial charge on any atom is 0.198 e. The highest BCUT2D eigenvalue weighted by molar-refractivity contribution is 5.22. The minimum absolute atomic E-state index is 0.174. The highest BCUT2D eigenvalue weighted by Crippen LogP contribution is 2.47. The van der Waals surface area contributed by atoms with Crippen molar-refractivity contribution in [2.75, 3.05) is 26.2 Å². The first-order valence-electron chi connectivity index (χ1n) is 12.5. The molecule has 0 unspecified atom stereocenters. The molecule has 0 spiro atoms. The van der Waals surface area contributed by atoms with Gasteiger partial charge in [0.25, 0.3) is 0 Å². The smallest absolute Gasteiger partial charge is 0.198 e. The minimum atomic E-state index is -0.530. The molecule has 166 valence electrons. The molecule has 3 nitrogen and oxygen atoms in total. The number of piperidine rings is 1. The Morgan fingerprint density at radius 2 is 1.48 bits per heavy atom. The van der Waals surface area contributed by atoms with E-state index in [1.54, 1.807) is 0 Å². The summed E-state index contributed by atoms with van der Waals surface area (Å²) >= 11 is 0. The second kappa shape index (κ2) is 9.85. The van der Waals surface area contributed by atoms with Gasteiger partial charge in [0.05, 0.1) is 12.7 Å². The van der Waals surface area contributed by atoms with Crippen LogP contribution in [0.25, 0.3) is 0 Å². The number of benzene rings is 2. The predicted molar refractivity (Wildman–Crippen MR) is 125 cm³/mol.